The predicted octanol–water partition coefficient (Wildman–Crippen LogP) is 3.47. The number of phenols is 1. The van der Waals surface area contributed by atoms with E-state index < -0.39 is 0 Å². The van der Waals surface area contributed by atoms with Gasteiger partial charge in [-0.15, -0.1) is 0 Å². The highest BCUT2D eigenvalue weighted by Gasteiger charge is 2.25. The zero-order valence-corrected chi connectivity index (χ0v) is 10.5. The topological polar surface area (TPSA) is 23.5 Å². The van der Waals surface area contributed by atoms with Crippen LogP contribution >= 0.6 is 0 Å². The van der Waals surface area contributed by atoms with Crippen molar-refractivity contribution >= 4 is 0 Å². The normalized spacial score (nSPS) is 23.6. The summed E-state index contributed by atoms with van der Waals surface area (Å²) < 4.78 is 13.2. The van der Waals surface area contributed by atoms with Crippen molar-refractivity contribution in [2.75, 3.05) is 6.54 Å². The number of benzene rings is 1. The Morgan fingerprint density at radius 2 is 2.18 bits per heavy atom. The van der Waals surface area contributed by atoms with E-state index >= 15 is 0 Å². The first-order chi connectivity index (χ1) is 8.09. The van der Waals surface area contributed by atoms with Crippen molar-refractivity contribution in [1.82, 2.24) is 4.90 Å². The van der Waals surface area contributed by atoms with Crippen LogP contribution in [-0.4, -0.2) is 22.6 Å². The molecule has 1 heterocycles. The summed E-state index contributed by atoms with van der Waals surface area (Å²) in [4.78, 5) is 2.35. The Hall–Kier alpha value is -1.09. The number of likely N-dealkylation sites (tertiary alicyclic amines) is 1. The zero-order chi connectivity index (χ0) is 12.4. The first-order valence-corrected chi connectivity index (χ1v) is 6.33. The third kappa shape index (κ3) is 2.60. The van der Waals surface area contributed by atoms with Gasteiger partial charge in [-0.3, -0.25) is 4.90 Å². The minimum absolute atomic E-state index is 0.0704. The van der Waals surface area contributed by atoms with Gasteiger partial charge in [0, 0.05) is 17.6 Å². The molecule has 94 valence electrons. The highest BCUT2D eigenvalue weighted by Crippen LogP contribution is 2.33. The lowest BCUT2D eigenvalue weighted by Gasteiger charge is -2.38. The summed E-state index contributed by atoms with van der Waals surface area (Å²) in [5.41, 5.74) is 0.693. The third-order valence-corrected chi connectivity index (χ3v) is 3.79. The molecule has 17 heavy (non-hydrogen) atoms. The van der Waals surface area contributed by atoms with Crippen LogP contribution in [0, 0.1) is 5.82 Å². The van der Waals surface area contributed by atoms with Gasteiger partial charge < -0.3 is 5.11 Å². The van der Waals surface area contributed by atoms with Crippen LogP contribution in [0.3, 0.4) is 0 Å². The minimum Gasteiger partial charge on any atom is -0.508 e. The van der Waals surface area contributed by atoms with Crippen molar-refractivity contribution in [2.24, 2.45) is 0 Å². The summed E-state index contributed by atoms with van der Waals surface area (Å²) in [6.07, 6.45) is 3.63. The average molecular weight is 237 g/mol. The van der Waals surface area contributed by atoms with E-state index in [0.717, 1.165) is 6.54 Å². The van der Waals surface area contributed by atoms with Crippen molar-refractivity contribution in [3.8, 4) is 5.75 Å². The number of aromatic hydroxyl groups is 1. The Labute approximate surface area is 102 Å². The second-order valence-corrected chi connectivity index (χ2v) is 4.96. The molecule has 1 aliphatic rings. The van der Waals surface area contributed by atoms with E-state index in [-0.39, 0.29) is 17.6 Å². The molecule has 3 heteroatoms. The van der Waals surface area contributed by atoms with Crippen molar-refractivity contribution in [3.63, 3.8) is 0 Å². The molecule has 1 N–H and O–H groups in total. The number of piperidine rings is 1. The quantitative estimate of drug-likeness (QED) is 0.851. The van der Waals surface area contributed by atoms with Crippen molar-refractivity contribution < 1.29 is 9.50 Å². The predicted molar refractivity (Wildman–Crippen MR) is 66.5 cm³/mol. The average Bonchev–Trinajstić information content (AvgIpc) is 2.32. The summed E-state index contributed by atoms with van der Waals surface area (Å²) in [6, 6.07) is 4.75. The first-order valence-electron chi connectivity index (χ1n) is 6.33. The fourth-order valence-electron chi connectivity index (χ4n) is 2.73. The maximum absolute atomic E-state index is 13.2. The van der Waals surface area contributed by atoms with Crippen LogP contribution in [0.15, 0.2) is 18.2 Å². The summed E-state index contributed by atoms with van der Waals surface area (Å²) in [6.45, 7) is 5.26. The Kier molecular flexibility index (Phi) is 3.67. The molecule has 2 unspecified atom stereocenters. The number of nitrogens with zero attached hydrogens (tertiary/aromatic N) is 1. The van der Waals surface area contributed by atoms with Crippen LogP contribution in [0.2, 0.25) is 0 Å². The lowest BCUT2D eigenvalue weighted by molar-refractivity contribution is 0.113. The first kappa shape index (κ1) is 12.4. The molecule has 1 aliphatic heterocycles. The van der Waals surface area contributed by atoms with Crippen LogP contribution < -0.4 is 0 Å². The highest BCUT2D eigenvalue weighted by molar-refractivity contribution is 5.35. The molecule has 0 radical (unpaired) electrons. The molecule has 0 bridgehead atoms. The van der Waals surface area contributed by atoms with Gasteiger partial charge in [-0.1, -0.05) is 6.42 Å². The largest absolute Gasteiger partial charge is 0.508 e. The van der Waals surface area contributed by atoms with Gasteiger partial charge in [0.1, 0.15) is 11.6 Å². The van der Waals surface area contributed by atoms with Crippen LogP contribution in [0.4, 0.5) is 4.39 Å². The smallest absolute Gasteiger partial charge is 0.123 e. The Balaban J connectivity index is 2.23. The van der Waals surface area contributed by atoms with Crippen LogP contribution in [0.1, 0.15) is 44.7 Å². The van der Waals surface area contributed by atoms with Crippen molar-refractivity contribution in [3.05, 3.63) is 29.6 Å². The van der Waals surface area contributed by atoms with Crippen LogP contribution in [-0.2, 0) is 0 Å². The van der Waals surface area contributed by atoms with Crippen molar-refractivity contribution in [1.29, 1.82) is 0 Å². The van der Waals surface area contributed by atoms with E-state index in [9.17, 15) is 9.50 Å². The maximum Gasteiger partial charge on any atom is 0.123 e. The molecule has 1 fully saturated rings. The monoisotopic (exact) mass is 237 g/mol. The molecule has 2 rings (SSSR count). The number of phenolic OH excluding ortho intramolecular Hbond substituents is 1. The lowest BCUT2D eigenvalue weighted by Crippen LogP contribution is -2.39. The fourth-order valence-corrected chi connectivity index (χ4v) is 2.73. The molecule has 0 spiro atoms. The highest BCUT2D eigenvalue weighted by atomic mass is 19.1. The molecule has 1 saturated heterocycles. The maximum atomic E-state index is 13.2. The van der Waals surface area contributed by atoms with Gasteiger partial charge in [0.15, 0.2) is 0 Å². The summed E-state index contributed by atoms with van der Waals surface area (Å²) in [5.74, 6) is -0.0917. The van der Waals surface area contributed by atoms with Crippen LogP contribution in [0.25, 0.3) is 0 Å². The molecule has 2 atom stereocenters. The van der Waals surface area contributed by atoms with E-state index in [1.165, 1.54) is 37.5 Å². The molecular weight excluding hydrogens is 217 g/mol. The third-order valence-electron chi connectivity index (χ3n) is 3.79. The van der Waals surface area contributed by atoms with E-state index in [2.05, 4.69) is 11.8 Å². The molecule has 1 aromatic rings. The second kappa shape index (κ2) is 5.05. The van der Waals surface area contributed by atoms with E-state index in [1.54, 1.807) is 0 Å². The summed E-state index contributed by atoms with van der Waals surface area (Å²) in [7, 11) is 0. The lowest BCUT2D eigenvalue weighted by atomic mass is 9.97. The van der Waals surface area contributed by atoms with E-state index in [0.29, 0.717) is 11.6 Å². The van der Waals surface area contributed by atoms with E-state index in [1.807, 2.05) is 6.92 Å². The number of hydrogen-bond donors (Lipinski definition) is 1. The Bertz CT molecular complexity index is 394. The number of hydrogen-bond acceptors (Lipinski definition) is 2. The number of rotatable bonds is 2. The molecular formula is C14H20FNO. The number of halogens is 1. The van der Waals surface area contributed by atoms with E-state index in [4.69, 9.17) is 0 Å². The molecule has 0 aromatic heterocycles. The zero-order valence-electron chi connectivity index (χ0n) is 10.5. The fraction of sp³-hybridized carbons (Fsp3) is 0.571. The standard InChI is InChI=1S/C14H20FNO/c1-10-5-3-4-8-16(10)11(2)13-9-12(15)6-7-14(13)17/h6-7,9-11,17H,3-5,8H2,1-2H3. The summed E-state index contributed by atoms with van der Waals surface area (Å²) in [5, 5.41) is 9.83. The van der Waals surface area contributed by atoms with Gasteiger partial charge in [-0.05, 0) is 51.4 Å². The SMILES string of the molecule is CC1CCCCN1C(C)c1cc(F)ccc1O. The molecule has 0 amide bonds. The molecule has 1 aromatic carbocycles. The Morgan fingerprint density at radius 1 is 1.41 bits per heavy atom. The molecule has 0 saturated carbocycles. The van der Waals surface area contributed by atoms with Gasteiger partial charge in [0.05, 0.1) is 0 Å². The van der Waals surface area contributed by atoms with Gasteiger partial charge >= 0.3 is 0 Å². The van der Waals surface area contributed by atoms with Crippen LogP contribution in [0.5, 0.6) is 5.75 Å². The van der Waals surface area contributed by atoms with Gasteiger partial charge in [0.2, 0.25) is 0 Å². The minimum atomic E-state index is -0.283. The molecule has 0 aliphatic carbocycles. The molecule has 2 nitrogen and oxygen atoms in total. The van der Waals surface area contributed by atoms with Gasteiger partial charge in [-0.2, -0.15) is 0 Å². The Morgan fingerprint density at radius 3 is 2.88 bits per heavy atom. The summed E-state index contributed by atoms with van der Waals surface area (Å²) >= 11 is 0. The second-order valence-electron chi connectivity index (χ2n) is 4.96. The van der Waals surface area contributed by atoms with Gasteiger partial charge in [-0.25, -0.2) is 4.39 Å². The van der Waals surface area contributed by atoms with Gasteiger partial charge in [0.25, 0.3) is 0 Å². The van der Waals surface area contributed by atoms with Crippen molar-refractivity contribution in [2.45, 2.75) is 45.2 Å².